The first-order chi connectivity index (χ1) is 4.72. The minimum atomic E-state index is 0. The van der Waals surface area contributed by atoms with Crippen molar-refractivity contribution < 1.29 is 17.1 Å². The van der Waals surface area contributed by atoms with Crippen molar-refractivity contribution >= 4 is 11.4 Å². The van der Waals surface area contributed by atoms with Crippen LogP contribution in [0.25, 0.3) is 0 Å². The van der Waals surface area contributed by atoms with E-state index in [0.29, 0.717) is 17.1 Å². The maximum absolute atomic E-state index is 5.48. The van der Waals surface area contributed by atoms with Crippen LogP contribution in [0.1, 0.15) is 0 Å². The summed E-state index contributed by atoms with van der Waals surface area (Å²) in [5.74, 6) is 0.692. The number of hydrogen-bond donors (Lipinski definition) is 2. The molecule has 0 aliphatic carbocycles. The lowest BCUT2D eigenvalue weighted by Gasteiger charge is -2.01. The first-order valence-corrected chi connectivity index (χ1v) is 2.92. The van der Waals surface area contributed by atoms with Gasteiger partial charge in [-0.1, -0.05) is 0 Å². The molecule has 1 aromatic rings. The zero-order valence-corrected chi connectivity index (χ0v) is 6.93. The molecule has 62 valence electrons. The lowest BCUT2D eigenvalue weighted by molar-refractivity contribution is -0.00000250. The Balaban J connectivity index is 0.000001000. The minimum Gasteiger partial charge on any atom is -1.00 e. The third kappa shape index (κ3) is 2.55. The molecule has 0 saturated heterocycles. The fraction of sp³-hybridized carbons (Fsp3) is 0.143. The molecule has 0 spiro atoms. The molecule has 0 radical (unpaired) electrons. The van der Waals surface area contributed by atoms with Gasteiger partial charge in [-0.3, -0.25) is 0 Å². The summed E-state index contributed by atoms with van der Waals surface area (Å²) in [7, 11) is 1.58. The summed E-state index contributed by atoms with van der Waals surface area (Å²) in [6, 6.07) is 5.12. The summed E-state index contributed by atoms with van der Waals surface area (Å²) in [6.45, 7) is 0. The average molecular weight is 174 g/mol. The Morgan fingerprint density at radius 3 is 1.91 bits per heavy atom. The Kier molecular flexibility index (Phi) is 3.54. The predicted molar refractivity (Wildman–Crippen MR) is 41.8 cm³/mol. The highest BCUT2D eigenvalue weighted by Gasteiger charge is 1.93. The number of halogens is 1. The number of rotatable bonds is 1. The van der Waals surface area contributed by atoms with Crippen LogP contribution in [0.4, 0.5) is 11.4 Å². The van der Waals surface area contributed by atoms with E-state index in [0.717, 1.165) is 0 Å². The van der Waals surface area contributed by atoms with Crippen LogP contribution in [0.5, 0.6) is 5.75 Å². The average Bonchev–Trinajstić information content (AvgIpc) is 1.85. The zero-order chi connectivity index (χ0) is 7.56. The van der Waals surface area contributed by atoms with Gasteiger partial charge in [0.2, 0.25) is 0 Å². The molecular weight excluding hydrogens is 164 g/mol. The molecule has 0 heterocycles. The first kappa shape index (κ1) is 9.91. The number of nitrogens with two attached hydrogens (primary N) is 2. The van der Waals surface area contributed by atoms with E-state index in [1.165, 1.54) is 0 Å². The van der Waals surface area contributed by atoms with Crippen molar-refractivity contribution in [3.63, 3.8) is 0 Å². The summed E-state index contributed by atoms with van der Waals surface area (Å²) in [6.07, 6.45) is 0. The lowest BCUT2D eigenvalue weighted by Crippen LogP contribution is -3.00. The van der Waals surface area contributed by atoms with Crippen LogP contribution < -0.4 is 28.6 Å². The van der Waals surface area contributed by atoms with Gasteiger partial charge in [-0.25, -0.2) is 0 Å². The largest absolute Gasteiger partial charge is 1.00 e. The summed E-state index contributed by atoms with van der Waals surface area (Å²) in [5, 5.41) is 0. The first-order valence-electron chi connectivity index (χ1n) is 2.92. The zero-order valence-electron chi connectivity index (χ0n) is 6.17. The molecule has 3 nitrogen and oxygen atoms in total. The van der Waals surface area contributed by atoms with Crippen LogP contribution in [-0.4, -0.2) is 7.11 Å². The molecule has 0 aliphatic rings. The number of nitrogen functional groups attached to an aromatic ring is 2. The smallest absolute Gasteiger partial charge is 0.122 e. The number of methoxy groups -OCH3 is 1. The molecule has 0 saturated carbocycles. The number of benzene rings is 1. The number of hydrogen-bond acceptors (Lipinski definition) is 3. The summed E-state index contributed by atoms with van der Waals surface area (Å²) in [4.78, 5) is 0. The molecule has 0 fully saturated rings. The molecule has 0 bridgehead atoms. The van der Waals surface area contributed by atoms with Crippen LogP contribution in [-0.2, 0) is 0 Å². The fourth-order valence-electron chi connectivity index (χ4n) is 0.764. The molecule has 1 rings (SSSR count). The standard InChI is InChI=1S/C7H10N2O.ClH/c1-10-7-3-5(8)2-6(9)4-7;/h2-4H,8-9H2,1H3;1H/p-1. The Bertz CT molecular complexity index is 220. The van der Waals surface area contributed by atoms with Crippen LogP contribution >= 0.6 is 0 Å². The van der Waals surface area contributed by atoms with Crippen LogP contribution in [0.15, 0.2) is 18.2 Å². The van der Waals surface area contributed by atoms with Crippen LogP contribution in [0.2, 0.25) is 0 Å². The normalized spacial score (nSPS) is 8.45. The summed E-state index contributed by atoms with van der Waals surface area (Å²) >= 11 is 0. The Morgan fingerprint density at radius 1 is 1.09 bits per heavy atom. The van der Waals surface area contributed by atoms with E-state index in [4.69, 9.17) is 16.2 Å². The second-order valence-electron chi connectivity index (χ2n) is 2.04. The van der Waals surface area contributed by atoms with E-state index < -0.39 is 0 Å². The van der Waals surface area contributed by atoms with Crippen LogP contribution in [0.3, 0.4) is 0 Å². The highest BCUT2D eigenvalue weighted by Crippen LogP contribution is 2.19. The third-order valence-corrected chi connectivity index (χ3v) is 1.19. The van der Waals surface area contributed by atoms with Gasteiger partial charge in [-0.2, -0.15) is 0 Å². The highest BCUT2D eigenvalue weighted by atomic mass is 35.5. The monoisotopic (exact) mass is 173 g/mol. The van der Waals surface area contributed by atoms with Crippen molar-refractivity contribution in [2.45, 2.75) is 0 Å². The summed E-state index contributed by atoms with van der Waals surface area (Å²) < 4.78 is 4.92. The Hall–Kier alpha value is -1.09. The van der Waals surface area contributed by atoms with Crippen molar-refractivity contribution in [3.05, 3.63) is 18.2 Å². The molecule has 0 aromatic heterocycles. The van der Waals surface area contributed by atoms with E-state index >= 15 is 0 Å². The molecule has 0 atom stereocenters. The maximum Gasteiger partial charge on any atom is 0.122 e. The minimum absolute atomic E-state index is 0. The van der Waals surface area contributed by atoms with Gasteiger partial charge in [0.15, 0.2) is 0 Å². The van der Waals surface area contributed by atoms with Gasteiger partial charge in [-0.15, -0.1) is 0 Å². The Morgan fingerprint density at radius 2 is 1.55 bits per heavy atom. The molecule has 0 amide bonds. The highest BCUT2D eigenvalue weighted by molar-refractivity contribution is 5.56. The van der Waals surface area contributed by atoms with Gasteiger partial charge in [0, 0.05) is 23.5 Å². The van der Waals surface area contributed by atoms with Crippen molar-refractivity contribution in [1.29, 1.82) is 0 Å². The Labute approximate surface area is 71.7 Å². The SMILES string of the molecule is COc1cc(N)cc(N)c1.[Cl-]. The van der Waals surface area contributed by atoms with Gasteiger partial charge in [0.05, 0.1) is 7.11 Å². The van der Waals surface area contributed by atoms with Gasteiger partial charge in [-0.05, 0) is 6.07 Å². The predicted octanol–water partition coefficient (Wildman–Crippen LogP) is -2.14. The molecule has 1 aromatic carbocycles. The van der Waals surface area contributed by atoms with Crippen molar-refractivity contribution in [3.8, 4) is 5.75 Å². The number of ether oxygens (including phenoxy) is 1. The maximum atomic E-state index is 5.48. The van der Waals surface area contributed by atoms with E-state index in [1.54, 1.807) is 25.3 Å². The fourth-order valence-corrected chi connectivity index (χ4v) is 0.764. The van der Waals surface area contributed by atoms with Crippen molar-refractivity contribution in [1.82, 2.24) is 0 Å². The van der Waals surface area contributed by atoms with Gasteiger partial charge >= 0.3 is 0 Å². The van der Waals surface area contributed by atoms with Gasteiger partial charge in [0.1, 0.15) is 5.75 Å². The lowest BCUT2D eigenvalue weighted by atomic mass is 10.3. The molecule has 11 heavy (non-hydrogen) atoms. The van der Waals surface area contributed by atoms with E-state index in [1.807, 2.05) is 0 Å². The molecule has 4 N–H and O–H groups in total. The van der Waals surface area contributed by atoms with Gasteiger partial charge < -0.3 is 28.6 Å². The van der Waals surface area contributed by atoms with Gasteiger partial charge in [0.25, 0.3) is 0 Å². The topological polar surface area (TPSA) is 61.3 Å². The second-order valence-corrected chi connectivity index (χ2v) is 2.04. The van der Waals surface area contributed by atoms with E-state index in [-0.39, 0.29) is 12.4 Å². The second kappa shape index (κ2) is 3.93. The molecule has 4 heteroatoms. The van der Waals surface area contributed by atoms with Crippen molar-refractivity contribution in [2.75, 3.05) is 18.6 Å². The van der Waals surface area contributed by atoms with E-state index in [9.17, 15) is 0 Å². The quantitative estimate of drug-likeness (QED) is 0.477. The van der Waals surface area contributed by atoms with E-state index in [2.05, 4.69) is 0 Å². The summed E-state index contributed by atoms with van der Waals surface area (Å²) in [5.41, 5.74) is 12.2. The molecule has 0 aliphatic heterocycles. The molecular formula is C7H10ClN2O-. The third-order valence-electron chi connectivity index (χ3n) is 1.19. The molecule has 0 unspecified atom stereocenters. The number of anilines is 2. The van der Waals surface area contributed by atoms with Crippen molar-refractivity contribution in [2.24, 2.45) is 0 Å². The van der Waals surface area contributed by atoms with Crippen LogP contribution in [0, 0.1) is 0 Å².